The first-order valence-electron chi connectivity index (χ1n) is 7.24. The molecule has 1 amide bonds. The number of aryl methyl sites for hydroxylation is 1. The highest BCUT2D eigenvalue weighted by Crippen LogP contribution is 2.34. The van der Waals surface area contributed by atoms with Crippen molar-refractivity contribution in [1.29, 1.82) is 0 Å². The average molecular weight is 263 g/mol. The lowest BCUT2D eigenvalue weighted by atomic mass is 9.78. The van der Waals surface area contributed by atoms with Gasteiger partial charge in [-0.1, -0.05) is 20.3 Å². The van der Waals surface area contributed by atoms with Crippen LogP contribution in [0.25, 0.3) is 0 Å². The highest BCUT2D eigenvalue weighted by molar-refractivity contribution is 5.93. The van der Waals surface area contributed by atoms with Crippen LogP contribution in [0.15, 0.2) is 12.3 Å². The molecule has 0 atom stereocenters. The highest BCUT2D eigenvalue weighted by Gasteiger charge is 2.31. The van der Waals surface area contributed by atoms with Gasteiger partial charge in [0.1, 0.15) is 5.69 Å². The standard InChI is InChI=1S/C15H25N3O/c1-4-15(3)6-8-18(9-7-15)14(19)13-10-12(16)11-17(13)5-2/h10-11H,4-9,16H2,1-3H3. The Bertz CT molecular complexity index is 456. The van der Waals surface area contributed by atoms with Crippen LogP contribution in [0.2, 0.25) is 0 Å². The molecular weight excluding hydrogens is 238 g/mol. The van der Waals surface area contributed by atoms with Crippen LogP contribution < -0.4 is 5.73 Å². The third-order valence-corrected chi connectivity index (χ3v) is 4.59. The van der Waals surface area contributed by atoms with Gasteiger partial charge in [-0.3, -0.25) is 4.79 Å². The minimum atomic E-state index is 0.122. The summed E-state index contributed by atoms with van der Waals surface area (Å²) < 4.78 is 1.94. The van der Waals surface area contributed by atoms with Crippen molar-refractivity contribution >= 4 is 11.6 Å². The number of nitrogen functional groups attached to an aromatic ring is 1. The lowest BCUT2D eigenvalue weighted by Gasteiger charge is -2.38. The van der Waals surface area contributed by atoms with E-state index in [1.165, 1.54) is 6.42 Å². The molecule has 19 heavy (non-hydrogen) atoms. The fraction of sp³-hybridized carbons (Fsp3) is 0.667. The van der Waals surface area contributed by atoms with Gasteiger partial charge in [0.2, 0.25) is 0 Å². The Balaban J connectivity index is 2.09. The molecule has 106 valence electrons. The van der Waals surface area contributed by atoms with E-state index in [-0.39, 0.29) is 5.91 Å². The lowest BCUT2D eigenvalue weighted by Crippen LogP contribution is -2.42. The minimum absolute atomic E-state index is 0.122. The fourth-order valence-corrected chi connectivity index (χ4v) is 2.74. The van der Waals surface area contributed by atoms with Crippen molar-refractivity contribution in [3.05, 3.63) is 18.0 Å². The number of carbonyl (C=O) groups excluding carboxylic acids is 1. The molecule has 2 rings (SSSR count). The number of piperidine rings is 1. The van der Waals surface area contributed by atoms with Crippen LogP contribution >= 0.6 is 0 Å². The molecule has 1 aliphatic heterocycles. The van der Waals surface area contributed by atoms with Crippen LogP contribution in [0.4, 0.5) is 5.69 Å². The van der Waals surface area contributed by atoms with Gasteiger partial charge in [0.25, 0.3) is 5.91 Å². The predicted molar refractivity (Wildman–Crippen MR) is 78.1 cm³/mol. The maximum absolute atomic E-state index is 12.5. The summed E-state index contributed by atoms with van der Waals surface area (Å²) in [5.41, 5.74) is 7.59. The molecule has 2 heterocycles. The molecule has 0 spiro atoms. The van der Waals surface area contributed by atoms with E-state index in [0.717, 1.165) is 38.2 Å². The third kappa shape index (κ3) is 2.77. The van der Waals surface area contributed by atoms with Gasteiger partial charge in [-0.15, -0.1) is 0 Å². The number of aromatic nitrogens is 1. The number of hydrogen-bond donors (Lipinski definition) is 1. The summed E-state index contributed by atoms with van der Waals surface area (Å²) in [6.45, 7) is 9.08. The summed E-state index contributed by atoms with van der Waals surface area (Å²) in [5, 5.41) is 0. The first kappa shape index (κ1) is 14.0. The van der Waals surface area contributed by atoms with Gasteiger partial charge < -0.3 is 15.2 Å². The van der Waals surface area contributed by atoms with Crippen molar-refractivity contribution in [2.45, 2.75) is 46.6 Å². The van der Waals surface area contributed by atoms with Gasteiger partial charge in [0, 0.05) is 25.8 Å². The zero-order valence-electron chi connectivity index (χ0n) is 12.3. The number of nitrogens with zero attached hydrogens (tertiary/aromatic N) is 2. The molecule has 0 unspecified atom stereocenters. The van der Waals surface area contributed by atoms with E-state index in [9.17, 15) is 4.79 Å². The van der Waals surface area contributed by atoms with Crippen LogP contribution in [0.1, 0.15) is 50.5 Å². The van der Waals surface area contributed by atoms with E-state index in [1.54, 1.807) is 6.07 Å². The van der Waals surface area contributed by atoms with Crippen LogP contribution in [0.5, 0.6) is 0 Å². The number of carbonyl (C=O) groups is 1. The van der Waals surface area contributed by atoms with Gasteiger partial charge in [0.05, 0.1) is 5.69 Å². The monoisotopic (exact) mass is 263 g/mol. The number of anilines is 1. The Morgan fingerprint density at radius 1 is 1.37 bits per heavy atom. The number of amides is 1. The predicted octanol–water partition coefficient (Wildman–Crippen LogP) is 2.74. The van der Waals surface area contributed by atoms with Crippen LogP contribution in [-0.2, 0) is 6.54 Å². The third-order valence-electron chi connectivity index (χ3n) is 4.59. The molecule has 1 saturated heterocycles. The maximum atomic E-state index is 12.5. The van der Waals surface area contributed by atoms with Crippen molar-refractivity contribution in [2.75, 3.05) is 18.8 Å². The van der Waals surface area contributed by atoms with E-state index in [0.29, 0.717) is 11.1 Å². The van der Waals surface area contributed by atoms with Crippen molar-refractivity contribution in [1.82, 2.24) is 9.47 Å². The Morgan fingerprint density at radius 3 is 2.53 bits per heavy atom. The zero-order chi connectivity index (χ0) is 14.0. The molecule has 0 radical (unpaired) electrons. The number of nitrogens with two attached hydrogens (primary N) is 1. The van der Waals surface area contributed by atoms with Crippen LogP contribution in [0, 0.1) is 5.41 Å². The molecule has 0 saturated carbocycles. The summed E-state index contributed by atoms with van der Waals surface area (Å²) in [6, 6.07) is 1.79. The van der Waals surface area contributed by atoms with E-state index >= 15 is 0 Å². The number of likely N-dealkylation sites (tertiary alicyclic amines) is 1. The van der Waals surface area contributed by atoms with E-state index < -0.39 is 0 Å². The average Bonchev–Trinajstić information content (AvgIpc) is 2.80. The first-order valence-corrected chi connectivity index (χ1v) is 7.24. The Hall–Kier alpha value is -1.45. The first-order chi connectivity index (χ1) is 8.99. The summed E-state index contributed by atoms with van der Waals surface area (Å²) in [5.74, 6) is 0.122. The SMILES string of the molecule is CCn1cc(N)cc1C(=O)N1CCC(C)(CC)CC1. The van der Waals surface area contributed by atoms with Crippen molar-refractivity contribution in [3.8, 4) is 0 Å². The summed E-state index contributed by atoms with van der Waals surface area (Å²) in [4.78, 5) is 14.5. The highest BCUT2D eigenvalue weighted by atomic mass is 16.2. The second-order valence-electron chi connectivity index (χ2n) is 5.90. The second-order valence-corrected chi connectivity index (χ2v) is 5.90. The minimum Gasteiger partial charge on any atom is -0.397 e. The number of rotatable bonds is 3. The summed E-state index contributed by atoms with van der Waals surface area (Å²) in [7, 11) is 0. The molecule has 1 aliphatic rings. The zero-order valence-corrected chi connectivity index (χ0v) is 12.3. The molecule has 4 nitrogen and oxygen atoms in total. The van der Waals surface area contributed by atoms with Crippen molar-refractivity contribution in [2.24, 2.45) is 5.41 Å². The van der Waals surface area contributed by atoms with Gasteiger partial charge in [0.15, 0.2) is 0 Å². The maximum Gasteiger partial charge on any atom is 0.270 e. The van der Waals surface area contributed by atoms with E-state index in [4.69, 9.17) is 5.73 Å². The molecular formula is C15H25N3O. The summed E-state index contributed by atoms with van der Waals surface area (Å²) >= 11 is 0. The molecule has 1 aromatic heterocycles. The number of hydrogen-bond acceptors (Lipinski definition) is 2. The quantitative estimate of drug-likeness (QED) is 0.911. The molecule has 0 aliphatic carbocycles. The normalized spacial score (nSPS) is 18.6. The summed E-state index contributed by atoms with van der Waals surface area (Å²) in [6.07, 6.45) is 5.22. The van der Waals surface area contributed by atoms with E-state index in [1.807, 2.05) is 22.6 Å². The van der Waals surface area contributed by atoms with Crippen LogP contribution in [0.3, 0.4) is 0 Å². The smallest absolute Gasteiger partial charge is 0.270 e. The lowest BCUT2D eigenvalue weighted by molar-refractivity contribution is 0.0590. The van der Waals surface area contributed by atoms with Gasteiger partial charge in [-0.25, -0.2) is 0 Å². The molecule has 1 fully saturated rings. The topological polar surface area (TPSA) is 51.3 Å². The second kappa shape index (κ2) is 5.27. The van der Waals surface area contributed by atoms with Crippen molar-refractivity contribution < 1.29 is 4.79 Å². The molecule has 0 aromatic carbocycles. The Kier molecular flexibility index (Phi) is 3.88. The van der Waals surface area contributed by atoms with Gasteiger partial charge in [-0.05, 0) is 31.2 Å². The molecule has 1 aromatic rings. The molecule has 4 heteroatoms. The fourth-order valence-electron chi connectivity index (χ4n) is 2.74. The van der Waals surface area contributed by atoms with Crippen LogP contribution in [-0.4, -0.2) is 28.5 Å². The van der Waals surface area contributed by atoms with Crippen molar-refractivity contribution in [3.63, 3.8) is 0 Å². The Labute approximate surface area is 115 Å². The molecule has 2 N–H and O–H groups in total. The van der Waals surface area contributed by atoms with Gasteiger partial charge in [-0.2, -0.15) is 0 Å². The largest absolute Gasteiger partial charge is 0.397 e. The van der Waals surface area contributed by atoms with Gasteiger partial charge >= 0.3 is 0 Å². The molecule has 0 bridgehead atoms. The Morgan fingerprint density at radius 2 is 2.00 bits per heavy atom. The van der Waals surface area contributed by atoms with E-state index in [2.05, 4.69) is 13.8 Å².